The maximum absolute atomic E-state index is 13.1. The number of ether oxygens (including phenoxy) is 1. The van der Waals surface area contributed by atoms with Crippen molar-refractivity contribution in [1.29, 1.82) is 0 Å². The number of esters is 1. The largest absolute Gasteiger partial charge is 0.467 e. The number of aromatic nitrogens is 2. The highest BCUT2D eigenvalue weighted by atomic mass is 35.5. The molecule has 0 bridgehead atoms. The summed E-state index contributed by atoms with van der Waals surface area (Å²) in [6.07, 6.45) is 2.23. The van der Waals surface area contributed by atoms with Gasteiger partial charge in [0.2, 0.25) is 0 Å². The minimum absolute atomic E-state index is 0.125. The topological polar surface area (TPSA) is 87.3 Å². The average Bonchev–Trinajstić information content (AvgIpc) is 3.13. The molecule has 28 heavy (non-hydrogen) atoms. The highest BCUT2D eigenvalue weighted by Gasteiger charge is 2.37. The Hall–Kier alpha value is -2.25. The molecule has 1 aromatic carbocycles. The summed E-state index contributed by atoms with van der Waals surface area (Å²) in [6, 6.07) is 3.53. The quantitative estimate of drug-likeness (QED) is 0.734. The van der Waals surface area contributed by atoms with E-state index in [2.05, 4.69) is 15.3 Å². The first-order chi connectivity index (χ1) is 13.3. The number of benzene rings is 1. The Bertz CT molecular complexity index is 884. The van der Waals surface area contributed by atoms with Crippen LogP contribution in [0.2, 0.25) is 10.0 Å². The summed E-state index contributed by atoms with van der Waals surface area (Å²) in [7, 11) is 1.30. The first-order valence-electron chi connectivity index (χ1n) is 8.95. The van der Waals surface area contributed by atoms with Gasteiger partial charge in [-0.15, -0.1) is 0 Å². The fraction of sp³-hybridized carbons (Fsp3) is 0.421. The van der Waals surface area contributed by atoms with Crippen LogP contribution in [0.3, 0.4) is 0 Å². The predicted octanol–water partition coefficient (Wildman–Crippen LogP) is 3.57. The smallest absolute Gasteiger partial charge is 0.328 e. The van der Waals surface area contributed by atoms with Gasteiger partial charge in [-0.2, -0.15) is 0 Å². The Morgan fingerprint density at radius 1 is 1.36 bits per heavy atom. The highest BCUT2D eigenvalue weighted by Crippen LogP contribution is 2.37. The van der Waals surface area contributed by atoms with Crippen molar-refractivity contribution in [3.8, 4) is 0 Å². The van der Waals surface area contributed by atoms with Gasteiger partial charge in [-0.25, -0.2) is 14.6 Å². The Morgan fingerprint density at radius 3 is 2.75 bits per heavy atom. The van der Waals surface area contributed by atoms with Crippen LogP contribution in [0.5, 0.6) is 0 Å². The number of amides is 2. The average molecular weight is 425 g/mol. The van der Waals surface area contributed by atoms with Crippen LogP contribution in [0.15, 0.2) is 24.5 Å². The van der Waals surface area contributed by atoms with Crippen molar-refractivity contribution in [3.63, 3.8) is 0 Å². The van der Waals surface area contributed by atoms with E-state index in [0.717, 1.165) is 11.4 Å². The first-order valence-corrected chi connectivity index (χ1v) is 9.71. The number of H-pyrrole nitrogens is 1. The molecular formula is C19H22Cl2N4O3. The number of hydrogen-bond donors (Lipinski definition) is 2. The third-order valence-corrected chi connectivity index (χ3v) is 5.41. The highest BCUT2D eigenvalue weighted by molar-refractivity contribution is 6.35. The Balaban J connectivity index is 1.96. The molecule has 7 nitrogen and oxygen atoms in total. The normalized spacial score (nSPS) is 17.2. The number of rotatable bonds is 4. The van der Waals surface area contributed by atoms with Gasteiger partial charge in [-0.05, 0) is 23.6 Å². The second-order valence-electron chi connectivity index (χ2n) is 6.97. The van der Waals surface area contributed by atoms with Gasteiger partial charge in [0.25, 0.3) is 0 Å². The number of aromatic amines is 1. The number of carbonyl (C=O) groups is 2. The lowest BCUT2D eigenvalue weighted by Gasteiger charge is -2.36. The monoisotopic (exact) mass is 424 g/mol. The number of nitrogens with zero attached hydrogens (tertiary/aromatic N) is 2. The molecule has 2 atom stereocenters. The van der Waals surface area contributed by atoms with Crippen molar-refractivity contribution in [2.45, 2.75) is 32.4 Å². The fourth-order valence-corrected chi connectivity index (χ4v) is 3.89. The summed E-state index contributed by atoms with van der Waals surface area (Å²) in [6.45, 7) is 4.13. The van der Waals surface area contributed by atoms with Gasteiger partial charge in [0, 0.05) is 28.7 Å². The minimum atomic E-state index is -0.751. The van der Waals surface area contributed by atoms with Gasteiger partial charge in [0.05, 0.1) is 19.1 Å². The van der Waals surface area contributed by atoms with Crippen LogP contribution in [0, 0.1) is 5.92 Å². The van der Waals surface area contributed by atoms with Crippen LogP contribution in [0.4, 0.5) is 4.79 Å². The summed E-state index contributed by atoms with van der Waals surface area (Å²) in [5.74, 6) is -0.610. The van der Waals surface area contributed by atoms with Crippen molar-refractivity contribution < 1.29 is 14.3 Å². The van der Waals surface area contributed by atoms with Crippen LogP contribution >= 0.6 is 23.2 Å². The Labute approximate surface area is 173 Å². The minimum Gasteiger partial charge on any atom is -0.467 e. The number of imidazole rings is 1. The molecule has 0 unspecified atom stereocenters. The molecule has 2 heterocycles. The number of nitrogens with one attached hydrogen (secondary N) is 2. The van der Waals surface area contributed by atoms with E-state index in [0.29, 0.717) is 28.6 Å². The lowest BCUT2D eigenvalue weighted by atomic mass is 9.95. The van der Waals surface area contributed by atoms with E-state index < -0.39 is 18.1 Å². The summed E-state index contributed by atoms with van der Waals surface area (Å²) in [4.78, 5) is 34.4. The second kappa shape index (κ2) is 8.41. The molecule has 3 rings (SSSR count). The lowest BCUT2D eigenvalue weighted by Crippen LogP contribution is -2.53. The van der Waals surface area contributed by atoms with E-state index in [-0.39, 0.29) is 11.9 Å². The molecule has 0 aliphatic carbocycles. The molecular weight excluding hydrogens is 403 g/mol. The predicted molar refractivity (Wildman–Crippen MR) is 106 cm³/mol. The summed E-state index contributed by atoms with van der Waals surface area (Å²) in [5, 5.41) is 3.75. The van der Waals surface area contributed by atoms with Crippen LogP contribution in [0.25, 0.3) is 0 Å². The molecule has 9 heteroatoms. The Morgan fingerprint density at radius 2 is 2.11 bits per heavy atom. The van der Waals surface area contributed by atoms with E-state index in [9.17, 15) is 9.59 Å². The van der Waals surface area contributed by atoms with E-state index in [1.165, 1.54) is 7.11 Å². The van der Waals surface area contributed by atoms with Crippen LogP contribution in [0.1, 0.15) is 36.8 Å². The maximum atomic E-state index is 13.1. The van der Waals surface area contributed by atoms with Crippen molar-refractivity contribution in [2.75, 3.05) is 13.7 Å². The van der Waals surface area contributed by atoms with Gasteiger partial charge < -0.3 is 19.9 Å². The number of halogens is 2. The molecule has 0 fully saturated rings. The summed E-state index contributed by atoms with van der Waals surface area (Å²) >= 11 is 12.5. The molecule has 2 aromatic rings. The second-order valence-corrected chi connectivity index (χ2v) is 7.82. The van der Waals surface area contributed by atoms with Crippen molar-refractivity contribution in [2.24, 2.45) is 5.92 Å². The Kier molecular flexibility index (Phi) is 6.15. The standard InChI is InChI=1S/C19H22Cl2N4O3/c1-10(2)15(18(26)28-3)24-19(27)25-7-6-14-16(23-9-22-14)17(25)12-5-4-11(20)8-13(12)21/h4-5,8-10,15,17H,6-7H2,1-3H3,(H,22,23)(H,24,27)/t15-,17-/m1/s1. The third-order valence-electron chi connectivity index (χ3n) is 4.84. The molecule has 0 radical (unpaired) electrons. The van der Waals surface area contributed by atoms with Gasteiger partial charge in [-0.1, -0.05) is 43.1 Å². The first kappa shape index (κ1) is 20.5. The van der Waals surface area contributed by atoms with E-state index in [4.69, 9.17) is 27.9 Å². The zero-order valence-corrected chi connectivity index (χ0v) is 17.3. The summed E-state index contributed by atoms with van der Waals surface area (Å²) in [5.41, 5.74) is 2.40. The van der Waals surface area contributed by atoms with Gasteiger partial charge >= 0.3 is 12.0 Å². The third kappa shape index (κ3) is 3.95. The molecule has 2 amide bonds. The van der Waals surface area contributed by atoms with Crippen molar-refractivity contribution in [3.05, 3.63) is 51.5 Å². The maximum Gasteiger partial charge on any atom is 0.328 e. The zero-order valence-electron chi connectivity index (χ0n) is 15.8. The molecule has 0 saturated carbocycles. The van der Waals surface area contributed by atoms with Crippen LogP contribution in [-0.4, -0.2) is 46.6 Å². The lowest BCUT2D eigenvalue weighted by molar-refractivity contribution is -0.144. The van der Waals surface area contributed by atoms with Crippen LogP contribution in [-0.2, 0) is 16.0 Å². The fourth-order valence-electron chi connectivity index (χ4n) is 3.37. The van der Waals surface area contributed by atoms with Gasteiger partial charge in [0.15, 0.2) is 0 Å². The molecule has 1 aromatic heterocycles. The molecule has 2 N–H and O–H groups in total. The number of hydrogen-bond acceptors (Lipinski definition) is 4. The van der Waals surface area contributed by atoms with E-state index in [1.807, 2.05) is 13.8 Å². The number of urea groups is 1. The van der Waals surface area contributed by atoms with E-state index in [1.54, 1.807) is 29.4 Å². The van der Waals surface area contributed by atoms with Crippen molar-refractivity contribution >= 4 is 35.2 Å². The van der Waals surface area contributed by atoms with Crippen LogP contribution < -0.4 is 5.32 Å². The van der Waals surface area contributed by atoms with Crippen molar-refractivity contribution in [1.82, 2.24) is 20.2 Å². The molecule has 1 aliphatic rings. The molecule has 150 valence electrons. The molecule has 0 saturated heterocycles. The molecule has 1 aliphatic heterocycles. The summed E-state index contributed by atoms with van der Waals surface area (Å²) < 4.78 is 4.82. The molecule has 0 spiro atoms. The number of methoxy groups -OCH3 is 1. The number of fused-ring (bicyclic) bond motifs is 1. The SMILES string of the molecule is COC(=O)[C@H](NC(=O)N1CCc2[nH]cnc2[C@H]1c1ccc(Cl)cc1Cl)C(C)C. The zero-order chi connectivity index (χ0) is 20.4. The number of carbonyl (C=O) groups excluding carboxylic acids is 2. The van der Waals surface area contributed by atoms with Gasteiger partial charge in [0.1, 0.15) is 12.1 Å². The van der Waals surface area contributed by atoms with E-state index >= 15 is 0 Å². The van der Waals surface area contributed by atoms with Gasteiger partial charge in [-0.3, -0.25) is 0 Å².